The molecule has 0 amide bonds. The molecule has 1 aliphatic heterocycles. The van der Waals surface area contributed by atoms with Crippen LogP contribution in [0.5, 0.6) is 0 Å². The van der Waals surface area contributed by atoms with Crippen molar-refractivity contribution in [2.24, 2.45) is 0 Å². The minimum atomic E-state index is -0.446. The molecule has 1 saturated heterocycles. The van der Waals surface area contributed by atoms with Crippen molar-refractivity contribution in [3.63, 3.8) is 0 Å². The molecule has 5 nitrogen and oxygen atoms in total. The first-order valence-electron chi connectivity index (χ1n) is 10.5. The number of piperazine rings is 1. The summed E-state index contributed by atoms with van der Waals surface area (Å²) in [5.74, 6) is -1.01. The van der Waals surface area contributed by atoms with Gasteiger partial charge in [0, 0.05) is 32.7 Å². The molecule has 0 atom stereocenters. The first-order valence-corrected chi connectivity index (χ1v) is 10.5. The molecule has 7 heteroatoms. The van der Waals surface area contributed by atoms with Crippen molar-refractivity contribution in [2.75, 3.05) is 33.3 Å². The van der Waals surface area contributed by atoms with E-state index >= 15 is 0 Å². The third-order valence-corrected chi connectivity index (χ3v) is 5.73. The summed E-state index contributed by atoms with van der Waals surface area (Å²) in [5.41, 5.74) is 3.06. The Balaban J connectivity index is 1.47. The molecule has 0 saturated carbocycles. The molecule has 1 fully saturated rings. The highest BCUT2D eigenvalue weighted by atomic mass is 19.1. The fraction of sp³-hybridized carbons (Fsp3) is 0.280. The van der Waals surface area contributed by atoms with Gasteiger partial charge in [-0.25, -0.2) is 18.6 Å². The van der Waals surface area contributed by atoms with Crippen LogP contribution in [0.4, 0.5) is 8.78 Å². The molecule has 4 rings (SSSR count). The Kier molecular flexibility index (Phi) is 6.87. The molecule has 1 aliphatic rings. The number of carbonyl (C=O) groups excluding carboxylic acids is 1. The van der Waals surface area contributed by atoms with Crippen LogP contribution in [-0.4, -0.2) is 54.0 Å². The smallest absolute Gasteiger partial charge is 0.356 e. The molecule has 0 unspecified atom stereocenters. The number of rotatable bonds is 6. The van der Waals surface area contributed by atoms with E-state index in [9.17, 15) is 13.6 Å². The molecule has 0 radical (unpaired) electrons. The van der Waals surface area contributed by atoms with Crippen molar-refractivity contribution in [1.82, 2.24) is 14.8 Å². The van der Waals surface area contributed by atoms with Gasteiger partial charge in [0.05, 0.1) is 18.8 Å². The van der Waals surface area contributed by atoms with Crippen molar-refractivity contribution in [2.45, 2.75) is 12.6 Å². The largest absolute Gasteiger partial charge is 0.464 e. The van der Waals surface area contributed by atoms with Crippen LogP contribution in [0.1, 0.15) is 33.4 Å². The standard InChI is InChI=1S/C25H25F2N3O2/c1-32-25(31)23-4-2-3-22(28-23)17-29-13-15-30(16-14-29)24(18-5-9-20(26)10-6-18)19-7-11-21(27)12-8-19/h2-12,24H,13-17H2,1H3. The summed E-state index contributed by atoms with van der Waals surface area (Å²) in [7, 11) is 1.34. The van der Waals surface area contributed by atoms with E-state index in [0.29, 0.717) is 12.2 Å². The fourth-order valence-corrected chi connectivity index (χ4v) is 4.10. The molecule has 2 heterocycles. The summed E-state index contributed by atoms with van der Waals surface area (Å²) in [6.45, 7) is 3.83. The second kappa shape index (κ2) is 9.97. The topological polar surface area (TPSA) is 45.7 Å². The minimum absolute atomic E-state index is 0.0841. The maximum absolute atomic E-state index is 13.5. The van der Waals surface area contributed by atoms with Crippen molar-refractivity contribution in [1.29, 1.82) is 0 Å². The van der Waals surface area contributed by atoms with Gasteiger partial charge in [-0.1, -0.05) is 30.3 Å². The van der Waals surface area contributed by atoms with Gasteiger partial charge in [0.1, 0.15) is 17.3 Å². The van der Waals surface area contributed by atoms with Crippen LogP contribution in [0.15, 0.2) is 66.7 Å². The number of nitrogens with zero attached hydrogens (tertiary/aromatic N) is 3. The Labute approximate surface area is 186 Å². The van der Waals surface area contributed by atoms with Gasteiger partial charge in [-0.15, -0.1) is 0 Å². The third kappa shape index (κ3) is 5.18. The summed E-state index contributed by atoms with van der Waals surface area (Å²) in [5, 5.41) is 0. The van der Waals surface area contributed by atoms with Crippen molar-refractivity contribution in [3.8, 4) is 0 Å². The van der Waals surface area contributed by atoms with E-state index in [1.807, 2.05) is 12.1 Å². The molecule has 0 aliphatic carbocycles. The minimum Gasteiger partial charge on any atom is -0.464 e. The van der Waals surface area contributed by atoms with E-state index in [0.717, 1.165) is 43.0 Å². The zero-order chi connectivity index (χ0) is 22.5. The van der Waals surface area contributed by atoms with Gasteiger partial charge < -0.3 is 4.74 Å². The van der Waals surface area contributed by atoms with Gasteiger partial charge in [-0.05, 0) is 47.5 Å². The van der Waals surface area contributed by atoms with Gasteiger partial charge in [0.2, 0.25) is 0 Å². The highest BCUT2D eigenvalue weighted by Gasteiger charge is 2.27. The number of hydrogen-bond donors (Lipinski definition) is 0. The summed E-state index contributed by atoms with van der Waals surface area (Å²) < 4.78 is 31.8. The SMILES string of the molecule is COC(=O)c1cccc(CN2CCN(C(c3ccc(F)cc3)c3ccc(F)cc3)CC2)n1. The fourth-order valence-electron chi connectivity index (χ4n) is 4.10. The number of methoxy groups -OCH3 is 1. The number of aromatic nitrogens is 1. The van der Waals surface area contributed by atoms with Crippen LogP contribution in [0.2, 0.25) is 0 Å². The van der Waals surface area contributed by atoms with Crippen LogP contribution >= 0.6 is 0 Å². The monoisotopic (exact) mass is 437 g/mol. The first kappa shape index (κ1) is 22.0. The van der Waals surface area contributed by atoms with E-state index in [2.05, 4.69) is 14.8 Å². The number of hydrogen-bond acceptors (Lipinski definition) is 5. The zero-order valence-corrected chi connectivity index (χ0v) is 17.9. The quantitative estimate of drug-likeness (QED) is 0.545. The Bertz CT molecular complexity index is 1000. The molecule has 3 aromatic rings. The lowest BCUT2D eigenvalue weighted by Gasteiger charge is -2.39. The first-order chi connectivity index (χ1) is 15.5. The Morgan fingerprint density at radius 2 is 1.47 bits per heavy atom. The molecular weight excluding hydrogens is 412 g/mol. The summed E-state index contributed by atoms with van der Waals surface area (Å²) in [4.78, 5) is 20.8. The predicted molar refractivity (Wildman–Crippen MR) is 117 cm³/mol. The lowest BCUT2D eigenvalue weighted by atomic mass is 9.96. The molecule has 0 N–H and O–H groups in total. The second-order valence-electron chi connectivity index (χ2n) is 7.82. The molecule has 2 aromatic carbocycles. The summed E-state index contributed by atoms with van der Waals surface area (Å²) >= 11 is 0. The second-order valence-corrected chi connectivity index (χ2v) is 7.82. The van der Waals surface area contributed by atoms with Gasteiger partial charge >= 0.3 is 5.97 Å². The Hall–Kier alpha value is -3.16. The molecular formula is C25H25F2N3O2. The zero-order valence-electron chi connectivity index (χ0n) is 17.9. The molecule has 32 heavy (non-hydrogen) atoms. The lowest BCUT2D eigenvalue weighted by molar-refractivity contribution is 0.0593. The van der Waals surface area contributed by atoms with E-state index in [4.69, 9.17) is 4.74 Å². The maximum atomic E-state index is 13.5. The number of carbonyl (C=O) groups is 1. The van der Waals surface area contributed by atoms with Crippen LogP contribution in [0.25, 0.3) is 0 Å². The van der Waals surface area contributed by atoms with E-state index in [1.165, 1.54) is 31.4 Å². The average Bonchev–Trinajstić information content (AvgIpc) is 2.82. The summed E-state index contributed by atoms with van der Waals surface area (Å²) in [6, 6.07) is 18.3. The van der Waals surface area contributed by atoms with Gasteiger partial charge in [0.15, 0.2) is 0 Å². The Morgan fingerprint density at radius 1 is 0.906 bits per heavy atom. The Morgan fingerprint density at radius 3 is 2.00 bits per heavy atom. The normalized spacial score (nSPS) is 15.1. The number of pyridine rings is 1. The third-order valence-electron chi connectivity index (χ3n) is 5.73. The van der Waals surface area contributed by atoms with Crippen molar-refractivity contribution >= 4 is 5.97 Å². The lowest BCUT2D eigenvalue weighted by Crippen LogP contribution is -2.47. The predicted octanol–water partition coefficient (Wildman–Crippen LogP) is 4.05. The van der Waals surface area contributed by atoms with E-state index < -0.39 is 5.97 Å². The number of benzene rings is 2. The van der Waals surface area contributed by atoms with Gasteiger partial charge in [0.25, 0.3) is 0 Å². The van der Waals surface area contributed by atoms with E-state index in [-0.39, 0.29) is 17.7 Å². The number of esters is 1. The number of halogens is 2. The molecule has 0 spiro atoms. The average molecular weight is 437 g/mol. The maximum Gasteiger partial charge on any atom is 0.356 e. The highest BCUT2D eigenvalue weighted by Crippen LogP contribution is 2.30. The van der Waals surface area contributed by atoms with Crippen LogP contribution in [0.3, 0.4) is 0 Å². The highest BCUT2D eigenvalue weighted by molar-refractivity contribution is 5.87. The van der Waals surface area contributed by atoms with Crippen LogP contribution in [0, 0.1) is 11.6 Å². The van der Waals surface area contributed by atoms with Crippen LogP contribution < -0.4 is 0 Å². The van der Waals surface area contributed by atoms with Crippen LogP contribution in [-0.2, 0) is 11.3 Å². The van der Waals surface area contributed by atoms with E-state index in [1.54, 1.807) is 30.3 Å². The summed E-state index contributed by atoms with van der Waals surface area (Å²) in [6.07, 6.45) is 0. The van der Waals surface area contributed by atoms with Gasteiger partial charge in [-0.2, -0.15) is 0 Å². The van der Waals surface area contributed by atoms with Gasteiger partial charge in [-0.3, -0.25) is 9.80 Å². The van der Waals surface area contributed by atoms with Crippen molar-refractivity contribution in [3.05, 3.63) is 101 Å². The number of ether oxygens (including phenoxy) is 1. The van der Waals surface area contributed by atoms with Crippen molar-refractivity contribution < 1.29 is 18.3 Å². The molecule has 1 aromatic heterocycles. The molecule has 166 valence electrons. The molecule has 0 bridgehead atoms.